The van der Waals surface area contributed by atoms with Crippen molar-refractivity contribution in [2.75, 3.05) is 19.6 Å². The Hall–Kier alpha value is -2.14. The fourth-order valence-electron chi connectivity index (χ4n) is 3.10. The van der Waals surface area contributed by atoms with E-state index in [2.05, 4.69) is 15.6 Å². The summed E-state index contributed by atoms with van der Waals surface area (Å²) in [5, 5.41) is 6.41. The van der Waals surface area contributed by atoms with Crippen LogP contribution in [-0.2, 0) is 11.2 Å². The Balaban J connectivity index is 1.50. The van der Waals surface area contributed by atoms with Gasteiger partial charge in [-0.05, 0) is 57.3 Å². The zero-order chi connectivity index (χ0) is 16.8. The molecule has 128 valence electrons. The molecule has 0 aliphatic carbocycles. The Kier molecular flexibility index (Phi) is 5.64. The number of aromatic nitrogens is 1. The van der Waals surface area contributed by atoms with Gasteiger partial charge in [-0.2, -0.15) is 0 Å². The minimum Gasteiger partial charge on any atom is -0.441 e. The number of piperidine rings is 1. The van der Waals surface area contributed by atoms with E-state index in [1.54, 1.807) is 0 Å². The SMILES string of the molecule is Cc1oc(-c2ccccc2)nc1CC(=O)NCCC1CCCNC1. The summed E-state index contributed by atoms with van der Waals surface area (Å²) >= 11 is 0. The van der Waals surface area contributed by atoms with Crippen molar-refractivity contribution < 1.29 is 9.21 Å². The van der Waals surface area contributed by atoms with E-state index < -0.39 is 0 Å². The van der Waals surface area contributed by atoms with Gasteiger partial charge in [-0.3, -0.25) is 4.79 Å². The number of amides is 1. The molecule has 0 bridgehead atoms. The van der Waals surface area contributed by atoms with Crippen molar-refractivity contribution in [3.8, 4) is 11.5 Å². The quantitative estimate of drug-likeness (QED) is 0.856. The molecule has 1 aliphatic rings. The third-order valence-corrected chi connectivity index (χ3v) is 4.52. The van der Waals surface area contributed by atoms with Gasteiger partial charge in [-0.25, -0.2) is 4.98 Å². The topological polar surface area (TPSA) is 67.2 Å². The molecule has 3 rings (SSSR count). The van der Waals surface area contributed by atoms with Crippen molar-refractivity contribution in [1.29, 1.82) is 0 Å². The Bertz CT molecular complexity index is 661. The first-order valence-corrected chi connectivity index (χ1v) is 8.71. The molecule has 5 nitrogen and oxygen atoms in total. The van der Waals surface area contributed by atoms with Gasteiger partial charge in [0.2, 0.25) is 11.8 Å². The largest absolute Gasteiger partial charge is 0.441 e. The van der Waals surface area contributed by atoms with Crippen molar-refractivity contribution in [2.45, 2.75) is 32.6 Å². The summed E-state index contributed by atoms with van der Waals surface area (Å²) in [4.78, 5) is 16.6. The van der Waals surface area contributed by atoms with Crippen LogP contribution in [0.4, 0.5) is 0 Å². The summed E-state index contributed by atoms with van der Waals surface area (Å²) in [6.07, 6.45) is 3.79. The van der Waals surface area contributed by atoms with Crippen LogP contribution in [0.5, 0.6) is 0 Å². The molecule has 2 heterocycles. The smallest absolute Gasteiger partial charge is 0.226 e. The summed E-state index contributed by atoms with van der Waals surface area (Å²) in [6, 6.07) is 9.75. The number of carbonyl (C=O) groups is 1. The standard InChI is InChI=1S/C19H25N3O2/c1-14-17(22-19(24-14)16-7-3-2-4-8-16)12-18(23)21-11-9-15-6-5-10-20-13-15/h2-4,7-8,15,20H,5-6,9-13H2,1H3,(H,21,23). The summed E-state index contributed by atoms with van der Waals surface area (Å²) in [7, 11) is 0. The summed E-state index contributed by atoms with van der Waals surface area (Å²) in [5.74, 6) is 1.97. The molecule has 2 N–H and O–H groups in total. The number of nitrogens with zero attached hydrogens (tertiary/aromatic N) is 1. The highest BCUT2D eigenvalue weighted by molar-refractivity contribution is 5.78. The summed E-state index contributed by atoms with van der Waals surface area (Å²) in [6.45, 7) is 4.78. The Morgan fingerprint density at radius 1 is 1.38 bits per heavy atom. The number of hydrogen-bond donors (Lipinski definition) is 2. The highest BCUT2D eigenvalue weighted by Gasteiger charge is 2.16. The number of carbonyl (C=O) groups excluding carboxylic acids is 1. The number of hydrogen-bond acceptors (Lipinski definition) is 4. The van der Waals surface area contributed by atoms with Gasteiger partial charge >= 0.3 is 0 Å². The lowest BCUT2D eigenvalue weighted by molar-refractivity contribution is -0.120. The van der Waals surface area contributed by atoms with Gasteiger partial charge in [0.05, 0.1) is 12.1 Å². The molecule has 2 aromatic rings. The number of oxazole rings is 1. The third kappa shape index (κ3) is 4.45. The van der Waals surface area contributed by atoms with E-state index in [1.807, 2.05) is 37.3 Å². The summed E-state index contributed by atoms with van der Waals surface area (Å²) in [5.41, 5.74) is 1.64. The predicted octanol–water partition coefficient (Wildman–Crippen LogP) is 2.70. The van der Waals surface area contributed by atoms with Gasteiger partial charge in [0.1, 0.15) is 5.76 Å². The molecule has 1 unspecified atom stereocenters. The number of benzene rings is 1. The fourth-order valence-corrected chi connectivity index (χ4v) is 3.10. The zero-order valence-corrected chi connectivity index (χ0v) is 14.2. The Morgan fingerprint density at radius 2 is 2.21 bits per heavy atom. The monoisotopic (exact) mass is 327 g/mol. The summed E-state index contributed by atoms with van der Waals surface area (Å²) < 4.78 is 5.70. The zero-order valence-electron chi connectivity index (χ0n) is 14.2. The highest BCUT2D eigenvalue weighted by Crippen LogP contribution is 2.21. The van der Waals surface area contributed by atoms with E-state index in [4.69, 9.17) is 4.42 Å². The lowest BCUT2D eigenvalue weighted by atomic mass is 9.96. The van der Waals surface area contributed by atoms with Crippen LogP contribution in [0.3, 0.4) is 0 Å². The third-order valence-electron chi connectivity index (χ3n) is 4.52. The van der Waals surface area contributed by atoms with E-state index in [1.165, 1.54) is 12.8 Å². The fraction of sp³-hybridized carbons (Fsp3) is 0.474. The lowest BCUT2D eigenvalue weighted by Crippen LogP contribution is -2.33. The van der Waals surface area contributed by atoms with E-state index in [-0.39, 0.29) is 12.3 Å². The average molecular weight is 327 g/mol. The molecule has 1 saturated heterocycles. The Labute approximate surface area is 142 Å². The highest BCUT2D eigenvalue weighted by atomic mass is 16.4. The lowest BCUT2D eigenvalue weighted by Gasteiger charge is -2.22. The van der Waals surface area contributed by atoms with E-state index in [9.17, 15) is 4.79 Å². The minimum atomic E-state index is 0.00906. The van der Waals surface area contributed by atoms with Crippen molar-refractivity contribution in [3.05, 3.63) is 41.8 Å². The molecular weight excluding hydrogens is 302 g/mol. The van der Waals surface area contributed by atoms with Crippen molar-refractivity contribution in [1.82, 2.24) is 15.6 Å². The molecule has 0 spiro atoms. The van der Waals surface area contributed by atoms with Crippen LogP contribution in [0.15, 0.2) is 34.7 Å². The van der Waals surface area contributed by atoms with Gasteiger partial charge in [0.15, 0.2) is 0 Å². The first kappa shape index (κ1) is 16.7. The van der Waals surface area contributed by atoms with Gasteiger partial charge < -0.3 is 15.1 Å². The van der Waals surface area contributed by atoms with Crippen molar-refractivity contribution in [2.24, 2.45) is 5.92 Å². The Morgan fingerprint density at radius 3 is 2.96 bits per heavy atom. The maximum absolute atomic E-state index is 12.1. The van der Waals surface area contributed by atoms with Crippen LogP contribution in [0.1, 0.15) is 30.7 Å². The van der Waals surface area contributed by atoms with Gasteiger partial charge in [-0.15, -0.1) is 0 Å². The maximum atomic E-state index is 12.1. The number of nitrogens with one attached hydrogen (secondary N) is 2. The average Bonchev–Trinajstić information content (AvgIpc) is 2.97. The van der Waals surface area contributed by atoms with Crippen LogP contribution in [0.2, 0.25) is 0 Å². The van der Waals surface area contributed by atoms with Gasteiger partial charge in [-0.1, -0.05) is 18.2 Å². The van der Waals surface area contributed by atoms with Crippen molar-refractivity contribution in [3.63, 3.8) is 0 Å². The van der Waals surface area contributed by atoms with Crippen molar-refractivity contribution >= 4 is 5.91 Å². The molecule has 1 amide bonds. The maximum Gasteiger partial charge on any atom is 0.226 e. The van der Waals surface area contributed by atoms with Crippen LogP contribution in [0, 0.1) is 12.8 Å². The van der Waals surface area contributed by atoms with Crippen LogP contribution in [-0.4, -0.2) is 30.5 Å². The van der Waals surface area contributed by atoms with Gasteiger partial charge in [0, 0.05) is 12.1 Å². The first-order valence-electron chi connectivity index (χ1n) is 8.71. The molecule has 1 aromatic heterocycles. The van der Waals surface area contributed by atoms with E-state index >= 15 is 0 Å². The molecular formula is C19H25N3O2. The minimum absolute atomic E-state index is 0.00906. The predicted molar refractivity (Wildman–Crippen MR) is 93.6 cm³/mol. The molecule has 0 radical (unpaired) electrons. The number of rotatable bonds is 6. The molecule has 1 fully saturated rings. The molecule has 1 aromatic carbocycles. The second kappa shape index (κ2) is 8.11. The van der Waals surface area contributed by atoms with E-state index in [0.29, 0.717) is 23.3 Å². The first-order chi connectivity index (χ1) is 11.7. The van der Waals surface area contributed by atoms with Gasteiger partial charge in [0.25, 0.3) is 0 Å². The van der Waals surface area contributed by atoms with Crippen LogP contribution < -0.4 is 10.6 Å². The number of aryl methyl sites for hydroxylation is 1. The normalized spacial score (nSPS) is 17.6. The molecule has 1 aliphatic heterocycles. The van der Waals surface area contributed by atoms with Crippen LogP contribution >= 0.6 is 0 Å². The molecule has 1 atom stereocenters. The second-order valence-corrected chi connectivity index (χ2v) is 6.42. The van der Waals surface area contributed by atoms with E-state index in [0.717, 1.165) is 31.6 Å². The molecule has 0 saturated carbocycles. The molecule has 5 heteroatoms. The van der Waals surface area contributed by atoms with Crippen LogP contribution in [0.25, 0.3) is 11.5 Å². The molecule has 24 heavy (non-hydrogen) atoms. The second-order valence-electron chi connectivity index (χ2n) is 6.42.